The minimum atomic E-state index is 0.875. The lowest BCUT2D eigenvalue weighted by Crippen LogP contribution is -2.21. The van der Waals surface area contributed by atoms with Gasteiger partial charge in [0.25, 0.3) is 0 Å². The lowest BCUT2D eigenvalue weighted by molar-refractivity contribution is 0.249. The second-order valence-corrected chi connectivity index (χ2v) is 7.40. The first-order valence-electron chi connectivity index (χ1n) is 8.69. The average molecular weight is 264 g/mol. The van der Waals surface area contributed by atoms with Crippen LogP contribution in [0.2, 0.25) is 0 Å². The molecule has 1 saturated carbocycles. The monoisotopic (exact) mass is 264 g/mol. The molecule has 19 heavy (non-hydrogen) atoms. The van der Waals surface area contributed by atoms with Gasteiger partial charge in [0, 0.05) is 0 Å². The molecule has 0 amide bonds. The van der Waals surface area contributed by atoms with Gasteiger partial charge in [-0.3, -0.25) is 0 Å². The van der Waals surface area contributed by atoms with E-state index < -0.39 is 0 Å². The van der Waals surface area contributed by atoms with Gasteiger partial charge in [0.1, 0.15) is 0 Å². The van der Waals surface area contributed by atoms with Crippen LogP contribution in [0.15, 0.2) is 11.6 Å². The molecule has 112 valence electrons. The van der Waals surface area contributed by atoms with E-state index in [1.54, 1.807) is 5.57 Å². The Morgan fingerprint density at radius 1 is 1.16 bits per heavy atom. The minimum absolute atomic E-state index is 0.875. The van der Waals surface area contributed by atoms with E-state index >= 15 is 0 Å². The molecule has 1 aliphatic carbocycles. The van der Waals surface area contributed by atoms with Crippen LogP contribution in [-0.4, -0.2) is 0 Å². The van der Waals surface area contributed by atoms with Crippen LogP contribution in [0.3, 0.4) is 0 Å². The van der Waals surface area contributed by atoms with E-state index in [1.165, 1.54) is 51.4 Å². The van der Waals surface area contributed by atoms with Gasteiger partial charge in [-0.05, 0) is 56.3 Å². The summed E-state index contributed by atoms with van der Waals surface area (Å²) in [6, 6.07) is 0. The predicted molar refractivity (Wildman–Crippen MR) is 87.3 cm³/mol. The molecule has 1 aliphatic rings. The molecule has 0 heteroatoms. The van der Waals surface area contributed by atoms with Gasteiger partial charge in [-0.25, -0.2) is 0 Å². The fourth-order valence-corrected chi connectivity index (χ4v) is 3.35. The van der Waals surface area contributed by atoms with Gasteiger partial charge in [0.2, 0.25) is 0 Å². The Hall–Kier alpha value is -0.260. The van der Waals surface area contributed by atoms with Crippen molar-refractivity contribution in [3.8, 4) is 0 Å². The van der Waals surface area contributed by atoms with Crippen LogP contribution in [0.25, 0.3) is 0 Å². The van der Waals surface area contributed by atoms with Gasteiger partial charge >= 0.3 is 0 Å². The van der Waals surface area contributed by atoms with Gasteiger partial charge in [-0.15, -0.1) is 0 Å². The number of rotatable bonds is 9. The zero-order valence-electron chi connectivity index (χ0n) is 14.0. The second-order valence-electron chi connectivity index (χ2n) is 7.40. The summed E-state index contributed by atoms with van der Waals surface area (Å²) in [7, 11) is 0. The Morgan fingerprint density at radius 2 is 1.84 bits per heavy atom. The molecule has 1 fully saturated rings. The lowest BCUT2D eigenvalue weighted by atomic mass is 9.72. The van der Waals surface area contributed by atoms with E-state index in [4.69, 9.17) is 0 Å². The zero-order chi connectivity index (χ0) is 14.3. The second kappa shape index (κ2) is 8.82. The minimum Gasteiger partial charge on any atom is -0.0853 e. The highest BCUT2D eigenvalue weighted by atomic mass is 14.3. The van der Waals surface area contributed by atoms with Gasteiger partial charge < -0.3 is 0 Å². The summed E-state index contributed by atoms with van der Waals surface area (Å²) in [5, 5.41) is 0. The van der Waals surface area contributed by atoms with E-state index in [1.807, 2.05) is 0 Å². The summed E-state index contributed by atoms with van der Waals surface area (Å²) in [6.07, 6.45) is 13.8. The van der Waals surface area contributed by atoms with E-state index in [2.05, 4.69) is 40.7 Å². The maximum atomic E-state index is 2.54. The lowest BCUT2D eigenvalue weighted by Gasteiger charge is -2.33. The van der Waals surface area contributed by atoms with Gasteiger partial charge in [-0.2, -0.15) is 0 Å². The first kappa shape index (κ1) is 16.8. The highest BCUT2D eigenvalue weighted by Crippen LogP contribution is 2.38. The quantitative estimate of drug-likeness (QED) is 0.411. The molecule has 0 heterocycles. The van der Waals surface area contributed by atoms with E-state index in [-0.39, 0.29) is 0 Å². The molecule has 1 unspecified atom stereocenters. The summed E-state index contributed by atoms with van der Waals surface area (Å²) >= 11 is 0. The van der Waals surface area contributed by atoms with Crippen molar-refractivity contribution >= 4 is 0 Å². The Kier molecular flexibility index (Phi) is 7.80. The first-order valence-corrected chi connectivity index (χ1v) is 8.69. The van der Waals surface area contributed by atoms with Crippen LogP contribution in [0.5, 0.6) is 0 Å². The summed E-state index contributed by atoms with van der Waals surface area (Å²) in [6.45, 7) is 11.8. The number of hydrogen-bond donors (Lipinski definition) is 0. The standard InChI is InChI=1S/C19H36/c1-6-18(11-7-9-15(2)3)12-8-10-17(5)19-13-16(4)14-19/h10,15-16,18-19H,6-9,11-14H2,1-5H3. The van der Waals surface area contributed by atoms with Crippen molar-refractivity contribution < 1.29 is 0 Å². The van der Waals surface area contributed by atoms with E-state index in [0.717, 1.165) is 23.7 Å². The highest BCUT2D eigenvalue weighted by Gasteiger charge is 2.25. The van der Waals surface area contributed by atoms with Crippen LogP contribution < -0.4 is 0 Å². The third kappa shape index (κ3) is 6.63. The van der Waals surface area contributed by atoms with Crippen molar-refractivity contribution in [2.75, 3.05) is 0 Å². The van der Waals surface area contributed by atoms with Crippen molar-refractivity contribution in [1.82, 2.24) is 0 Å². The molecular weight excluding hydrogens is 228 g/mol. The van der Waals surface area contributed by atoms with Crippen LogP contribution in [0, 0.1) is 23.7 Å². The van der Waals surface area contributed by atoms with E-state index in [9.17, 15) is 0 Å². The Labute approximate surface area is 122 Å². The number of allylic oxidation sites excluding steroid dienone is 2. The molecule has 0 spiro atoms. The van der Waals surface area contributed by atoms with Crippen molar-refractivity contribution in [2.45, 2.75) is 86.0 Å². The molecule has 0 aromatic rings. The SMILES string of the molecule is CCC(CCC=C(C)C1CC(C)C1)CCCC(C)C. The van der Waals surface area contributed by atoms with Gasteiger partial charge in [0.05, 0.1) is 0 Å². The highest BCUT2D eigenvalue weighted by molar-refractivity contribution is 5.07. The van der Waals surface area contributed by atoms with Gasteiger partial charge in [-0.1, -0.05) is 65.0 Å². The molecule has 0 N–H and O–H groups in total. The normalized spacial score (nSPS) is 25.5. The van der Waals surface area contributed by atoms with Gasteiger partial charge in [0.15, 0.2) is 0 Å². The summed E-state index contributed by atoms with van der Waals surface area (Å²) in [5.41, 5.74) is 1.68. The topological polar surface area (TPSA) is 0 Å². The van der Waals surface area contributed by atoms with Crippen LogP contribution >= 0.6 is 0 Å². The average Bonchev–Trinajstić information content (AvgIpc) is 2.32. The third-order valence-corrected chi connectivity index (χ3v) is 5.03. The molecule has 1 rings (SSSR count). The largest absolute Gasteiger partial charge is 0.0853 e. The van der Waals surface area contributed by atoms with Crippen molar-refractivity contribution in [1.29, 1.82) is 0 Å². The fourth-order valence-electron chi connectivity index (χ4n) is 3.35. The zero-order valence-corrected chi connectivity index (χ0v) is 14.0. The molecule has 0 radical (unpaired) electrons. The predicted octanol–water partition coefficient (Wildman–Crippen LogP) is 6.61. The maximum Gasteiger partial charge on any atom is -0.0201 e. The molecule has 0 nitrogen and oxygen atoms in total. The summed E-state index contributed by atoms with van der Waals surface area (Å²) in [4.78, 5) is 0. The Morgan fingerprint density at radius 3 is 2.37 bits per heavy atom. The Bertz CT molecular complexity index is 255. The fraction of sp³-hybridized carbons (Fsp3) is 0.895. The maximum absolute atomic E-state index is 2.54. The van der Waals surface area contributed by atoms with Crippen LogP contribution in [-0.2, 0) is 0 Å². The van der Waals surface area contributed by atoms with Crippen molar-refractivity contribution in [3.63, 3.8) is 0 Å². The van der Waals surface area contributed by atoms with E-state index in [0.29, 0.717) is 0 Å². The molecule has 0 aliphatic heterocycles. The molecule has 0 saturated heterocycles. The molecule has 0 bridgehead atoms. The molecule has 0 aromatic carbocycles. The third-order valence-electron chi connectivity index (χ3n) is 5.03. The van der Waals surface area contributed by atoms with Crippen LogP contribution in [0.1, 0.15) is 86.0 Å². The Balaban J connectivity index is 2.16. The summed E-state index contributed by atoms with van der Waals surface area (Å²) < 4.78 is 0. The molecule has 0 aromatic heterocycles. The molecular formula is C19H36. The first-order chi connectivity index (χ1) is 9.02. The smallest absolute Gasteiger partial charge is 0.0201 e. The van der Waals surface area contributed by atoms with Crippen molar-refractivity contribution in [2.24, 2.45) is 23.7 Å². The van der Waals surface area contributed by atoms with Crippen molar-refractivity contribution in [3.05, 3.63) is 11.6 Å². The van der Waals surface area contributed by atoms with Crippen LogP contribution in [0.4, 0.5) is 0 Å². The molecule has 1 atom stereocenters. The number of hydrogen-bond acceptors (Lipinski definition) is 0. The summed E-state index contributed by atoms with van der Waals surface area (Å²) in [5.74, 6) is 3.74.